The molecule has 3 aromatic carbocycles. The monoisotopic (exact) mass is 785 g/mol. The van der Waals surface area contributed by atoms with Gasteiger partial charge in [-0.3, -0.25) is 14.6 Å². The van der Waals surface area contributed by atoms with Crippen LogP contribution >= 0.6 is 0 Å². The second kappa shape index (κ2) is 17.1. The number of carbonyl (C=O) groups is 4. The number of amides is 4. The molecule has 3 aliphatic heterocycles. The van der Waals surface area contributed by atoms with E-state index in [0.717, 1.165) is 69.0 Å². The van der Waals surface area contributed by atoms with Crippen molar-refractivity contribution < 1.29 is 28.7 Å². The van der Waals surface area contributed by atoms with E-state index in [1.54, 1.807) is 6.20 Å². The van der Waals surface area contributed by atoms with Crippen LogP contribution in [0.3, 0.4) is 0 Å². The Labute approximate surface area is 338 Å². The van der Waals surface area contributed by atoms with Gasteiger partial charge in [0, 0.05) is 31.4 Å². The van der Waals surface area contributed by atoms with Gasteiger partial charge in [0.05, 0.1) is 38.2 Å². The van der Waals surface area contributed by atoms with Gasteiger partial charge in [0.2, 0.25) is 11.8 Å². The van der Waals surface area contributed by atoms with Gasteiger partial charge in [0.1, 0.15) is 17.9 Å². The molecule has 0 bridgehead atoms. The number of H-pyrrole nitrogens is 1. The van der Waals surface area contributed by atoms with Crippen molar-refractivity contribution in [2.75, 3.05) is 20.8 Å². The molecule has 302 valence electrons. The molecule has 0 aliphatic carbocycles. The van der Waals surface area contributed by atoms with Crippen molar-refractivity contribution in [2.45, 2.75) is 77.7 Å². The van der Waals surface area contributed by atoms with Crippen LogP contribution in [0.5, 0.6) is 0 Å². The number of ether oxygens (including phenoxy) is 2. The molecule has 4 atom stereocenters. The molecule has 0 spiro atoms. The Bertz CT molecular complexity index is 2230. The number of allylic oxidation sites excluding steroid dienone is 1. The van der Waals surface area contributed by atoms with Crippen molar-refractivity contribution >= 4 is 35.3 Å². The molecule has 58 heavy (non-hydrogen) atoms. The molecule has 4 amide bonds. The summed E-state index contributed by atoms with van der Waals surface area (Å²) in [6.07, 6.45) is 4.66. The van der Waals surface area contributed by atoms with Gasteiger partial charge in [-0.2, -0.15) is 0 Å². The number of hydrogen-bond donors (Lipinski definition) is 3. The molecule has 1 aromatic heterocycles. The summed E-state index contributed by atoms with van der Waals surface area (Å²) in [5.41, 5.74) is 9.10. The van der Waals surface area contributed by atoms with Crippen LogP contribution < -0.4 is 10.6 Å². The Morgan fingerprint density at radius 2 is 1.33 bits per heavy atom. The van der Waals surface area contributed by atoms with Gasteiger partial charge < -0.3 is 34.9 Å². The number of nitrogens with one attached hydrogen (secondary N) is 3. The van der Waals surface area contributed by atoms with Crippen molar-refractivity contribution in [3.63, 3.8) is 0 Å². The first-order chi connectivity index (χ1) is 28.0. The van der Waals surface area contributed by atoms with E-state index in [9.17, 15) is 19.2 Å². The molecule has 0 radical (unpaired) electrons. The summed E-state index contributed by atoms with van der Waals surface area (Å²) in [5.74, 6) is 0.168. The zero-order chi connectivity index (χ0) is 41.1. The summed E-state index contributed by atoms with van der Waals surface area (Å²) in [6.45, 7) is 8.65. The highest BCUT2D eigenvalue weighted by Crippen LogP contribution is 2.40. The van der Waals surface area contributed by atoms with Crippen LogP contribution in [0.1, 0.15) is 81.6 Å². The van der Waals surface area contributed by atoms with Gasteiger partial charge in [-0.25, -0.2) is 14.6 Å². The fraction of sp³-hybridized carbons (Fsp3) is 0.378. The summed E-state index contributed by atoms with van der Waals surface area (Å²) in [7, 11) is 2.58. The zero-order valence-corrected chi connectivity index (χ0v) is 33.8. The molecule has 4 heterocycles. The number of aromatic nitrogens is 2. The largest absolute Gasteiger partial charge is 0.453 e. The van der Waals surface area contributed by atoms with Crippen LogP contribution in [0, 0.1) is 11.8 Å². The fourth-order valence-electron chi connectivity index (χ4n) is 8.19. The Kier molecular flexibility index (Phi) is 11.8. The first-order valence-electron chi connectivity index (χ1n) is 19.9. The maximum atomic E-state index is 14.0. The Hall–Kier alpha value is -6.24. The van der Waals surface area contributed by atoms with E-state index in [-0.39, 0.29) is 35.7 Å². The molecule has 1 unspecified atom stereocenters. The third-order valence-corrected chi connectivity index (χ3v) is 11.4. The molecule has 13 nitrogen and oxygen atoms in total. The summed E-state index contributed by atoms with van der Waals surface area (Å²) in [5, 5.41) is 5.44. The normalized spacial score (nSPS) is 18.4. The van der Waals surface area contributed by atoms with E-state index < -0.39 is 24.3 Å². The second-order valence-electron chi connectivity index (χ2n) is 15.8. The minimum atomic E-state index is -0.737. The number of aliphatic imine (C=N–C) groups is 1. The van der Waals surface area contributed by atoms with Gasteiger partial charge in [-0.05, 0) is 63.6 Å². The third-order valence-electron chi connectivity index (χ3n) is 11.4. The van der Waals surface area contributed by atoms with Gasteiger partial charge in [-0.15, -0.1) is 0 Å². The summed E-state index contributed by atoms with van der Waals surface area (Å²) in [4.78, 5) is 68.3. The van der Waals surface area contributed by atoms with E-state index >= 15 is 0 Å². The van der Waals surface area contributed by atoms with Gasteiger partial charge >= 0.3 is 12.2 Å². The van der Waals surface area contributed by atoms with E-state index in [4.69, 9.17) is 14.5 Å². The number of carbonyl (C=O) groups excluding carboxylic acids is 4. The Balaban J connectivity index is 1.01. The van der Waals surface area contributed by atoms with Crippen molar-refractivity contribution in [3.8, 4) is 22.4 Å². The van der Waals surface area contributed by atoms with Crippen LogP contribution in [0.4, 0.5) is 9.59 Å². The van der Waals surface area contributed by atoms with Crippen LogP contribution in [0.2, 0.25) is 0 Å². The lowest BCUT2D eigenvalue weighted by Gasteiger charge is -2.31. The molecule has 4 aromatic rings. The first kappa shape index (κ1) is 40.0. The van der Waals surface area contributed by atoms with Gasteiger partial charge in [0.15, 0.2) is 0 Å². The maximum absolute atomic E-state index is 14.0. The lowest BCUT2D eigenvalue weighted by Crippen LogP contribution is -2.51. The maximum Gasteiger partial charge on any atom is 0.407 e. The molecule has 3 N–H and O–H groups in total. The minimum absolute atomic E-state index is 0.107. The number of aromatic amines is 1. The van der Waals surface area contributed by atoms with Crippen molar-refractivity contribution in [2.24, 2.45) is 16.8 Å². The molecule has 13 heteroatoms. The molecule has 0 saturated carbocycles. The average Bonchev–Trinajstić information content (AvgIpc) is 4.07. The first-order valence-corrected chi connectivity index (χ1v) is 19.9. The Morgan fingerprint density at radius 3 is 1.93 bits per heavy atom. The zero-order valence-electron chi connectivity index (χ0n) is 33.8. The van der Waals surface area contributed by atoms with E-state index in [1.807, 2.05) is 61.9 Å². The van der Waals surface area contributed by atoms with Gasteiger partial charge in [-0.1, -0.05) is 100 Å². The third kappa shape index (κ3) is 8.11. The molecular weight excluding hydrogens is 735 g/mol. The lowest BCUT2D eigenvalue weighted by molar-refractivity contribution is -0.136. The fourth-order valence-corrected chi connectivity index (χ4v) is 8.19. The number of likely N-dealkylation sites (tertiary alicyclic amines) is 1. The predicted molar refractivity (Wildman–Crippen MR) is 221 cm³/mol. The van der Waals surface area contributed by atoms with E-state index in [1.165, 1.54) is 14.2 Å². The summed E-state index contributed by atoms with van der Waals surface area (Å²) < 4.78 is 9.59. The highest BCUT2D eigenvalue weighted by atomic mass is 16.5. The predicted octanol–water partition coefficient (Wildman–Crippen LogP) is 7.44. The second-order valence-corrected chi connectivity index (χ2v) is 15.8. The highest BCUT2D eigenvalue weighted by molar-refractivity contribution is 6.04. The number of fused-ring (bicyclic) bond motifs is 1. The highest BCUT2D eigenvalue weighted by Gasteiger charge is 2.42. The number of nitrogens with zero attached hydrogens (tertiary/aromatic N) is 4. The molecule has 3 aliphatic rings. The van der Waals surface area contributed by atoms with Crippen LogP contribution in [-0.2, 0) is 25.6 Å². The summed E-state index contributed by atoms with van der Waals surface area (Å²) >= 11 is 0. The molecule has 1 saturated heterocycles. The number of alkyl carbamates (subject to hydrolysis) is 2. The van der Waals surface area contributed by atoms with Gasteiger partial charge in [0.25, 0.3) is 0 Å². The Morgan fingerprint density at radius 1 is 0.759 bits per heavy atom. The van der Waals surface area contributed by atoms with E-state index in [2.05, 4.69) is 75.2 Å². The smallest absolute Gasteiger partial charge is 0.407 e. The van der Waals surface area contributed by atoms with Crippen molar-refractivity contribution in [1.29, 1.82) is 0 Å². The number of hydrogen-bond acceptors (Lipinski definition) is 8. The SMILES string of the molecule is COC(=O)N[C@H](C(=O)N1Cc2ccccc2C1C1=NC=C(c2ccc(-c3ccc(-c4cnc([C@@H]5CCCN5C(=O)[C@@H](NC(=O)OC)C(C)C)[nH]4)cc3)cc2)C1)C(C)C. The minimum Gasteiger partial charge on any atom is -0.453 e. The van der Waals surface area contributed by atoms with Crippen LogP contribution in [-0.4, -0.2) is 82.3 Å². The standard InChI is InChI=1S/C45H51N7O6/c1-26(2)38(49-44(55)57-5)42(53)51-21-9-12-37(51)41-47-24-36(48-41)31-19-17-29(18-20-31)28-13-15-30(16-14-28)33-22-35(46-23-33)40-34-11-8-7-10-32(34)25-52(40)43(54)39(27(3)4)50-45(56)58-6/h7-8,10-11,13-20,23-24,26-27,37-40H,9,12,21-22,25H2,1-6H3,(H,47,48)(H,49,55)(H,50,56)/t37-,38-,39-,40?/m0/s1. The number of benzene rings is 3. The number of imidazole rings is 1. The number of rotatable bonds is 11. The molecule has 1 fully saturated rings. The lowest BCUT2D eigenvalue weighted by atomic mass is 9.93. The quantitative estimate of drug-likeness (QED) is 0.143. The van der Waals surface area contributed by atoms with E-state index in [0.29, 0.717) is 19.5 Å². The van der Waals surface area contributed by atoms with Crippen molar-refractivity contribution in [1.82, 2.24) is 30.4 Å². The topological polar surface area (TPSA) is 158 Å². The molecular formula is C45H51N7O6. The summed E-state index contributed by atoms with van der Waals surface area (Å²) in [6, 6.07) is 22.8. The van der Waals surface area contributed by atoms with Crippen LogP contribution in [0.15, 0.2) is 90.2 Å². The molecule has 7 rings (SSSR count). The van der Waals surface area contributed by atoms with Crippen LogP contribution in [0.25, 0.3) is 28.0 Å². The van der Waals surface area contributed by atoms with Crippen molar-refractivity contribution in [3.05, 3.63) is 108 Å². The number of methoxy groups -OCH3 is 2. The average molecular weight is 786 g/mol.